The normalized spacial score (nSPS) is 10.4. The lowest BCUT2D eigenvalue weighted by molar-refractivity contribution is 0.0687. The lowest BCUT2D eigenvalue weighted by Crippen LogP contribution is -2.07. The molecule has 0 amide bonds. The van der Waals surface area contributed by atoms with Crippen LogP contribution in [-0.4, -0.2) is 26.1 Å². The van der Waals surface area contributed by atoms with Gasteiger partial charge in [0.05, 0.1) is 11.9 Å². The Hall–Kier alpha value is -1.88. The molecule has 0 fully saturated rings. The fourth-order valence-corrected chi connectivity index (χ4v) is 1.46. The SMILES string of the molecule is Cc1ccc(-n2nncc2C(=O)O)cc1Cl. The highest BCUT2D eigenvalue weighted by Gasteiger charge is 2.13. The van der Waals surface area contributed by atoms with Crippen LogP contribution in [-0.2, 0) is 0 Å². The molecule has 0 aliphatic rings. The Labute approximate surface area is 96.3 Å². The molecule has 0 radical (unpaired) electrons. The summed E-state index contributed by atoms with van der Waals surface area (Å²) >= 11 is 5.95. The van der Waals surface area contributed by atoms with Gasteiger partial charge >= 0.3 is 5.97 Å². The van der Waals surface area contributed by atoms with E-state index in [0.717, 1.165) is 5.56 Å². The van der Waals surface area contributed by atoms with Gasteiger partial charge in [0, 0.05) is 5.02 Å². The number of benzene rings is 1. The standard InChI is InChI=1S/C10H8ClN3O2/c1-6-2-3-7(4-8(6)11)14-9(10(15)16)5-12-13-14/h2-5H,1H3,(H,15,16). The Morgan fingerprint density at radius 1 is 1.50 bits per heavy atom. The maximum Gasteiger partial charge on any atom is 0.356 e. The molecule has 1 aromatic heterocycles. The average molecular weight is 238 g/mol. The first-order chi connectivity index (χ1) is 7.59. The third-order valence-corrected chi connectivity index (χ3v) is 2.58. The van der Waals surface area contributed by atoms with Gasteiger partial charge in [0.15, 0.2) is 5.69 Å². The predicted octanol–water partition coefficient (Wildman–Crippen LogP) is 1.93. The second-order valence-electron chi connectivity index (χ2n) is 3.27. The zero-order valence-corrected chi connectivity index (χ0v) is 9.14. The second kappa shape index (κ2) is 3.94. The van der Waals surface area contributed by atoms with Gasteiger partial charge in [0.1, 0.15) is 0 Å². The number of carbonyl (C=O) groups is 1. The van der Waals surface area contributed by atoms with Crippen LogP contribution in [0.4, 0.5) is 0 Å². The van der Waals surface area contributed by atoms with Gasteiger partial charge in [0.25, 0.3) is 0 Å². The van der Waals surface area contributed by atoms with Crippen molar-refractivity contribution in [1.82, 2.24) is 15.0 Å². The summed E-state index contributed by atoms with van der Waals surface area (Å²) in [4.78, 5) is 10.9. The molecule has 0 aliphatic heterocycles. The molecule has 5 nitrogen and oxygen atoms in total. The molecule has 2 rings (SSSR count). The number of rotatable bonds is 2. The number of hydrogen-bond donors (Lipinski definition) is 1. The quantitative estimate of drug-likeness (QED) is 0.867. The smallest absolute Gasteiger partial charge is 0.356 e. The molecule has 0 spiro atoms. The van der Waals surface area contributed by atoms with Gasteiger partial charge in [-0.2, -0.15) is 0 Å². The Bertz CT molecular complexity index is 551. The van der Waals surface area contributed by atoms with Crippen LogP contribution >= 0.6 is 11.6 Å². The molecule has 1 aromatic carbocycles. The molecular weight excluding hydrogens is 230 g/mol. The van der Waals surface area contributed by atoms with E-state index in [-0.39, 0.29) is 5.69 Å². The lowest BCUT2D eigenvalue weighted by Gasteiger charge is -2.04. The first-order valence-electron chi connectivity index (χ1n) is 4.50. The molecule has 1 heterocycles. The second-order valence-corrected chi connectivity index (χ2v) is 3.68. The Morgan fingerprint density at radius 2 is 2.25 bits per heavy atom. The monoisotopic (exact) mass is 237 g/mol. The van der Waals surface area contributed by atoms with Crippen molar-refractivity contribution in [3.05, 3.63) is 40.7 Å². The number of hydrogen-bond acceptors (Lipinski definition) is 3. The molecule has 82 valence electrons. The zero-order chi connectivity index (χ0) is 11.7. The van der Waals surface area contributed by atoms with Crippen LogP contribution in [0.2, 0.25) is 5.02 Å². The fourth-order valence-electron chi connectivity index (χ4n) is 1.29. The summed E-state index contributed by atoms with van der Waals surface area (Å²) in [5.74, 6) is -1.08. The Morgan fingerprint density at radius 3 is 2.88 bits per heavy atom. The molecule has 0 unspecified atom stereocenters. The average Bonchev–Trinajstić information content (AvgIpc) is 2.71. The van der Waals surface area contributed by atoms with Crippen molar-refractivity contribution >= 4 is 17.6 Å². The highest BCUT2D eigenvalue weighted by atomic mass is 35.5. The number of halogens is 1. The fraction of sp³-hybridized carbons (Fsp3) is 0.100. The van der Waals surface area contributed by atoms with Crippen LogP contribution in [0.25, 0.3) is 5.69 Å². The molecule has 2 aromatic rings. The third kappa shape index (κ3) is 1.77. The van der Waals surface area contributed by atoms with Crippen LogP contribution in [0.1, 0.15) is 16.1 Å². The summed E-state index contributed by atoms with van der Waals surface area (Å²) in [5.41, 5.74) is 1.49. The van der Waals surface area contributed by atoms with Gasteiger partial charge in [-0.25, -0.2) is 9.48 Å². The van der Waals surface area contributed by atoms with Crippen molar-refractivity contribution in [1.29, 1.82) is 0 Å². The van der Waals surface area contributed by atoms with Crippen LogP contribution in [0.3, 0.4) is 0 Å². The van der Waals surface area contributed by atoms with Crippen molar-refractivity contribution in [2.24, 2.45) is 0 Å². The number of aryl methyl sites for hydroxylation is 1. The van der Waals surface area contributed by atoms with Gasteiger partial charge in [-0.05, 0) is 24.6 Å². The number of nitrogens with zero attached hydrogens (tertiary/aromatic N) is 3. The van der Waals surface area contributed by atoms with Crippen molar-refractivity contribution in [2.75, 3.05) is 0 Å². The van der Waals surface area contributed by atoms with E-state index in [9.17, 15) is 4.79 Å². The molecule has 0 saturated heterocycles. The molecular formula is C10H8ClN3O2. The zero-order valence-electron chi connectivity index (χ0n) is 8.38. The van der Waals surface area contributed by atoms with E-state index in [1.54, 1.807) is 18.2 Å². The molecule has 6 heteroatoms. The highest BCUT2D eigenvalue weighted by Crippen LogP contribution is 2.19. The lowest BCUT2D eigenvalue weighted by atomic mass is 10.2. The van der Waals surface area contributed by atoms with Crippen LogP contribution < -0.4 is 0 Å². The summed E-state index contributed by atoms with van der Waals surface area (Å²) in [6, 6.07) is 5.19. The Balaban J connectivity index is 2.54. The maximum absolute atomic E-state index is 10.9. The molecule has 0 aliphatic carbocycles. The van der Waals surface area contributed by atoms with Crippen molar-refractivity contribution in [3.63, 3.8) is 0 Å². The van der Waals surface area contributed by atoms with Crippen molar-refractivity contribution in [2.45, 2.75) is 6.92 Å². The van der Waals surface area contributed by atoms with E-state index >= 15 is 0 Å². The van der Waals surface area contributed by atoms with Gasteiger partial charge in [0.2, 0.25) is 0 Å². The summed E-state index contributed by atoms with van der Waals surface area (Å²) in [7, 11) is 0. The molecule has 0 bridgehead atoms. The summed E-state index contributed by atoms with van der Waals surface area (Å²) < 4.78 is 1.23. The first kappa shape index (κ1) is 10.6. The highest BCUT2D eigenvalue weighted by molar-refractivity contribution is 6.31. The van der Waals surface area contributed by atoms with Crippen LogP contribution in [0, 0.1) is 6.92 Å². The van der Waals surface area contributed by atoms with Gasteiger partial charge in [-0.15, -0.1) is 5.10 Å². The summed E-state index contributed by atoms with van der Waals surface area (Å²) in [5, 5.41) is 16.7. The van der Waals surface area contributed by atoms with Crippen molar-refractivity contribution < 1.29 is 9.90 Å². The van der Waals surface area contributed by atoms with E-state index in [4.69, 9.17) is 16.7 Å². The maximum atomic E-state index is 10.9. The van der Waals surface area contributed by atoms with Crippen molar-refractivity contribution in [3.8, 4) is 5.69 Å². The summed E-state index contributed by atoms with van der Waals surface area (Å²) in [6.45, 7) is 1.87. The topological polar surface area (TPSA) is 68.0 Å². The van der Waals surface area contributed by atoms with Crippen LogP contribution in [0.5, 0.6) is 0 Å². The van der Waals surface area contributed by atoms with Crippen LogP contribution in [0.15, 0.2) is 24.4 Å². The number of carboxylic acids is 1. The predicted molar refractivity (Wildman–Crippen MR) is 58.1 cm³/mol. The molecule has 16 heavy (non-hydrogen) atoms. The minimum Gasteiger partial charge on any atom is -0.476 e. The van der Waals surface area contributed by atoms with E-state index in [1.807, 2.05) is 6.92 Å². The molecule has 0 saturated carbocycles. The first-order valence-corrected chi connectivity index (χ1v) is 4.88. The molecule has 1 N–H and O–H groups in total. The van der Waals surface area contributed by atoms with Gasteiger partial charge < -0.3 is 5.11 Å². The largest absolute Gasteiger partial charge is 0.476 e. The van der Waals surface area contributed by atoms with E-state index in [1.165, 1.54) is 10.9 Å². The van der Waals surface area contributed by atoms with Gasteiger partial charge in [-0.1, -0.05) is 22.9 Å². The number of carboxylic acid groups (broad SMARTS) is 1. The third-order valence-electron chi connectivity index (χ3n) is 2.17. The number of aromatic carboxylic acids is 1. The van der Waals surface area contributed by atoms with Gasteiger partial charge in [-0.3, -0.25) is 0 Å². The minimum atomic E-state index is -1.08. The minimum absolute atomic E-state index is 0.0000743. The summed E-state index contributed by atoms with van der Waals surface area (Å²) in [6.07, 6.45) is 1.19. The van der Waals surface area contributed by atoms with E-state index < -0.39 is 5.97 Å². The van der Waals surface area contributed by atoms with E-state index in [0.29, 0.717) is 10.7 Å². The van der Waals surface area contributed by atoms with E-state index in [2.05, 4.69) is 10.3 Å². The molecule has 0 atom stereocenters. The Kier molecular flexibility index (Phi) is 2.62. The number of aromatic nitrogens is 3.